The predicted molar refractivity (Wildman–Crippen MR) is 68.3 cm³/mol. The first-order valence-electron chi connectivity index (χ1n) is 6.03. The van der Waals surface area contributed by atoms with Crippen LogP contribution in [0.3, 0.4) is 0 Å². The average Bonchev–Trinajstić information content (AvgIpc) is 2.30. The molecule has 0 aliphatic rings. The maximum atomic E-state index is 11.6. The van der Waals surface area contributed by atoms with Crippen LogP contribution < -0.4 is 11.1 Å². The van der Waals surface area contributed by atoms with E-state index in [2.05, 4.69) is 10.1 Å². The van der Waals surface area contributed by atoms with Crippen molar-refractivity contribution in [2.75, 3.05) is 7.11 Å². The lowest BCUT2D eigenvalue weighted by molar-refractivity contribution is -0.144. The highest BCUT2D eigenvalue weighted by atomic mass is 16.5. The Balaban J connectivity index is 4.23. The van der Waals surface area contributed by atoms with Gasteiger partial charge in [0, 0.05) is 18.4 Å². The molecule has 7 heteroatoms. The number of ether oxygens (including phenoxy) is 1. The normalized spacial score (nSPS) is 12.6. The molecule has 0 saturated heterocycles. The Kier molecular flexibility index (Phi) is 7.06. The van der Waals surface area contributed by atoms with Crippen LogP contribution in [0.15, 0.2) is 0 Å². The molecule has 1 unspecified atom stereocenters. The minimum atomic E-state index is -1.18. The zero-order chi connectivity index (χ0) is 15.1. The molecular weight excluding hydrogens is 252 g/mol. The second-order valence-electron chi connectivity index (χ2n) is 5.06. The summed E-state index contributed by atoms with van der Waals surface area (Å²) in [5, 5.41) is 11.3. The van der Waals surface area contributed by atoms with E-state index in [0.29, 0.717) is 6.42 Å². The van der Waals surface area contributed by atoms with Gasteiger partial charge in [-0.1, -0.05) is 0 Å². The van der Waals surface area contributed by atoms with E-state index < -0.39 is 29.4 Å². The Morgan fingerprint density at radius 1 is 1.32 bits per heavy atom. The zero-order valence-corrected chi connectivity index (χ0v) is 11.6. The molecule has 0 aromatic heterocycles. The van der Waals surface area contributed by atoms with Crippen LogP contribution in [0, 0.1) is 0 Å². The van der Waals surface area contributed by atoms with Gasteiger partial charge >= 0.3 is 11.9 Å². The van der Waals surface area contributed by atoms with Crippen molar-refractivity contribution in [2.24, 2.45) is 5.73 Å². The lowest BCUT2D eigenvalue weighted by atomic mass is 9.99. The summed E-state index contributed by atoms with van der Waals surface area (Å²) in [5.41, 5.74) is 5.25. The van der Waals surface area contributed by atoms with Crippen molar-refractivity contribution in [2.45, 2.75) is 51.1 Å². The van der Waals surface area contributed by atoms with Crippen LogP contribution in [0.4, 0.5) is 0 Å². The van der Waals surface area contributed by atoms with E-state index in [0.717, 1.165) is 0 Å². The van der Waals surface area contributed by atoms with Crippen LogP contribution in [0.5, 0.6) is 0 Å². The van der Waals surface area contributed by atoms with Gasteiger partial charge in [-0.3, -0.25) is 9.59 Å². The lowest BCUT2D eigenvalue weighted by Crippen LogP contribution is -2.42. The van der Waals surface area contributed by atoms with Gasteiger partial charge < -0.3 is 20.9 Å². The third kappa shape index (κ3) is 9.01. The number of carbonyl (C=O) groups excluding carboxylic acids is 2. The van der Waals surface area contributed by atoms with Gasteiger partial charge in [-0.05, 0) is 26.7 Å². The molecule has 0 bridgehead atoms. The van der Waals surface area contributed by atoms with Crippen LogP contribution >= 0.6 is 0 Å². The summed E-state index contributed by atoms with van der Waals surface area (Å²) in [6, 6.07) is -1.09. The van der Waals surface area contributed by atoms with Gasteiger partial charge in [-0.15, -0.1) is 0 Å². The molecule has 4 N–H and O–H groups in total. The monoisotopic (exact) mass is 274 g/mol. The first kappa shape index (κ1) is 17.4. The number of aliphatic carboxylic acids is 1. The van der Waals surface area contributed by atoms with Crippen molar-refractivity contribution in [3.8, 4) is 0 Å². The van der Waals surface area contributed by atoms with Crippen molar-refractivity contribution in [1.82, 2.24) is 5.32 Å². The van der Waals surface area contributed by atoms with Gasteiger partial charge in [0.25, 0.3) is 0 Å². The smallest absolute Gasteiger partial charge is 0.326 e. The highest BCUT2D eigenvalue weighted by Gasteiger charge is 2.22. The van der Waals surface area contributed by atoms with E-state index in [1.165, 1.54) is 7.11 Å². The third-order valence-electron chi connectivity index (χ3n) is 2.49. The van der Waals surface area contributed by atoms with Crippen LogP contribution in [0.1, 0.15) is 39.5 Å². The number of hydrogen-bond donors (Lipinski definition) is 3. The Morgan fingerprint density at radius 2 is 1.89 bits per heavy atom. The summed E-state index contributed by atoms with van der Waals surface area (Å²) < 4.78 is 4.42. The fourth-order valence-electron chi connectivity index (χ4n) is 1.32. The van der Waals surface area contributed by atoms with Crippen LogP contribution in [-0.2, 0) is 19.1 Å². The van der Waals surface area contributed by atoms with Crippen LogP contribution in [-0.4, -0.2) is 41.6 Å². The highest BCUT2D eigenvalue weighted by molar-refractivity contribution is 5.84. The van der Waals surface area contributed by atoms with Crippen molar-refractivity contribution in [3.05, 3.63) is 0 Å². The van der Waals surface area contributed by atoms with Gasteiger partial charge in [0.05, 0.1) is 7.11 Å². The van der Waals surface area contributed by atoms with E-state index >= 15 is 0 Å². The summed E-state index contributed by atoms with van der Waals surface area (Å²) in [5.74, 6) is -2.08. The molecule has 110 valence electrons. The summed E-state index contributed by atoms with van der Waals surface area (Å²) in [6.07, 6.45) is 0.531. The number of carboxylic acid groups (broad SMARTS) is 1. The fourth-order valence-corrected chi connectivity index (χ4v) is 1.32. The van der Waals surface area contributed by atoms with Gasteiger partial charge in [0.2, 0.25) is 5.91 Å². The van der Waals surface area contributed by atoms with E-state index in [-0.39, 0.29) is 19.3 Å². The highest BCUT2D eigenvalue weighted by Crippen LogP contribution is 2.07. The van der Waals surface area contributed by atoms with Crippen molar-refractivity contribution in [1.29, 1.82) is 0 Å². The molecule has 0 saturated carbocycles. The number of nitrogens with two attached hydrogens (primary N) is 1. The van der Waals surface area contributed by atoms with Gasteiger partial charge in [-0.25, -0.2) is 4.79 Å². The van der Waals surface area contributed by atoms with E-state index in [1.807, 2.05) is 0 Å². The van der Waals surface area contributed by atoms with Crippen molar-refractivity contribution >= 4 is 17.8 Å². The molecule has 0 aromatic carbocycles. The number of rotatable bonds is 8. The quantitative estimate of drug-likeness (QED) is 0.537. The first-order chi connectivity index (χ1) is 8.65. The number of esters is 1. The number of amides is 1. The number of methoxy groups -OCH3 is 1. The number of hydrogen-bond acceptors (Lipinski definition) is 5. The summed E-state index contributed by atoms with van der Waals surface area (Å²) >= 11 is 0. The van der Waals surface area contributed by atoms with E-state index in [9.17, 15) is 14.4 Å². The second-order valence-corrected chi connectivity index (χ2v) is 5.06. The number of carboxylic acids is 1. The van der Waals surface area contributed by atoms with Gasteiger partial charge in [-0.2, -0.15) is 0 Å². The molecule has 0 fully saturated rings. The number of nitrogens with one attached hydrogen (secondary N) is 1. The van der Waals surface area contributed by atoms with Crippen LogP contribution in [0.25, 0.3) is 0 Å². The second kappa shape index (κ2) is 7.73. The molecule has 1 atom stereocenters. The minimum absolute atomic E-state index is 0.000234. The topological polar surface area (TPSA) is 119 Å². The molecule has 0 aromatic rings. The summed E-state index contributed by atoms with van der Waals surface area (Å²) in [7, 11) is 1.22. The lowest BCUT2D eigenvalue weighted by Gasteiger charge is -2.19. The minimum Gasteiger partial charge on any atom is -0.480 e. The molecule has 7 nitrogen and oxygen atoms in total. The molecule has 1 amide bonds. The Labute approximate surface area is 112 Å². The first-order valence-corrected chi connectivity index (χ1v) is 6.03. The van der Waals surface area contributed by atoms with E-state index in [1.54, 1.807) is 13.8 Å². The van der Waals surface area contributed by atoms with Crippen molar-refractivity contribution in [3.63, 3.8) is 0 Å². The molecule has 19 heavy (non-hydrogen) atoms. The molecule has 0 rings (SSSR count). The largest absolute Gasteiger partial charge is 0.480 e. The van der Waals surface area contributed by atoms with Gasteiger partial charge in [0.15, 0.2) is 0 Å². The van der Waals surface area contributed by atoms with Gasteiger partial charge in [0.1, 0.15) is 6.04 Å². The SMILES string of the molecule is COC(=O)CCC(NC(=O)CCC(C)(C)N)C(=O)O. The maximum Gasteiger partial charge on any atom is 0.326 e. The van der Waals surface area contributed by atoms with Crippen molar-refractivity contribution < 1.29 is 24.2 Å². The fraction of sp³-hybridized carbons (Fsp3) is 0.750. The average molecular weight is 274 g/mol. The Bertz CT molecular complexity index is 336. The molecule has 0 radical (unpaired) electrons. The Hall–Kier alpha value is -1.63. The predicted octanol–water partition coefficient (Wildman–Crippen LogP) is 0.0265. The maximum absolute atomic E-state index is 11.6. The molecular formula is C12H22N2O5. The zero-order valence-electron chi connectivity index (χ0n) is 11.6. The molecule has 0 aliphatic heterocycles. The third-order valence-corrected chi connectivity index (χ3v) is 2.49. The van der Waals surface area contributed by atoms with Crippen LogP contribution in [0.2, 0.25) is 0 Å². The Morgan fingerprint density at radius 3 is 2.32 bits per heavy atom. The summed E-state index contributed by atoms with van der Waals surface area (Å²) in [6.45, 7) is 3.57. The summed E-state index contributed by atoms with van der Waals surface area (Å²) in [4.78, 5) is 33.5. The molecule has 0 aliphatic carbocycles. The number of carbonyl (C=O) groups is 3. The standard InChI is InChI=1S/C12H22N2O5/c1-12(2,13)7-6-9(15)14-8(11(17)18)4-5-10(16)19-3/h8H,4-7,13H2,1-3H3,(H,14,15)(H,17,18). The molecule has 0 spiro atoms. The van der Waals surface area contributed by atoms with E-state index in [4.69, 9.17) is 10.8 Å². The molecule has 0 heterocycles.